The Morgan fingerprint density at radius 2 is 1.97 bits per heavy atom. The van der Waals surface area contributed by atoms with Crippen LogP contribution in [0.15, 0.2) is 48.8 Å². The lowest BCUT2D eigenvalue weighted by Gasteiger charge is -2.05. The predicted octanol–water partition coefficient (Wildman–Crippen LogP) is 1.97. The Morgan fingerprint density at radius 3 is 2.66 bits per heavy atom. The Balaban J connectivity index is 1.75. The molecule has 9 heteroatoms. The Bertz CT molecular complexity index is 1040. The average Bonchev–Trinajstić information content (AvgIpc) is 3.09. The van der Waals surface area contributed by atoms with E-state index >= 15 is 0 Å². The molecule has 1 aromatic carbocycles. The van der Waals surface area contributed by atoms with E-state index in [-0.39, 0.29) is 11.6 Å². The van der Waals surface area contributed by atoms with Crippen molar-refractivity contribution in [2.75, 3.05) is 25.6 Å². The van der Waals surface area contributed by atoms with Crippen LogP contribution in [-0.2, 0) is 20.9 Å². The number of carboxylic acid groups (broad SMARTS) is 1. The fraction of sp³-hybridized carbons (Fsp3) is 0.200. The number of Topliss-reactive ketones (excluding diaryl/α,β-unsaturated/α-hetero) is 1. The van der Waals surface area contributed by atoms with E-state index in [0.29, 0.717) is 24.1 Å². The molecule has 9 nitrogen and oxygen atoms in total. The first-order valence-corrected chi connectivity index (χ1v) is 8.72. The van der Waals surface area contributed by atoms with Gasteiger partial charge in [-0.25, -0.2) is 9.78 Å². The molecule has 2 heterocycles. The number of pyridine rings is 1. The van der Waals surface area contributed by atoms with Crippen molar-refractivity contribution in [3.8, 4) is 5.88 Å². The van der Waals surface area contributed by atoms with Crippen molar-refractivity contribution in [1.29, 1.82) is 0 Å². The zero-order valence-corrected chi connectivity index (χ0v) is 15.6. The third-order valence-electron chi connectivity index (χ3n) is 4.11. The Hall–Kier alpha value is -3.72. The van der Waals surface area contributed by atoms with E-state index in [1.807, 2.05) is 16.7 Å². The SMILES string of the molecule is COCCn1cc(C(=O)C(=O)Nc2ccc(OCC(=O)O)nc2)c2ccccc21. The maximum Gasteiger partial charge on any atom is 0.341 e. The number of carboxylic acids is 1. The molecule has 0 spiro atoms. The molecule has 29 heavy (non-hydrogen) atoms. The average molecular weight is 397 g/mol. The highest BCUT2D eigenvalue weighted by atomic mass is 16.5. The molecule has 0 aliphatic rings. The fourth-order valence-electron chi connectivity index (χ4n) is 2.79. The normalized spacial score (nSPS) is 10.7. The van der Waals surface area contributed by atoms with Crippen LogP contribution in [0.4, 0.5) is 5.69 Å². The van der Waals surface area contributed by atoms with E-state index in [4.69, 9.17) is 14.6 Å². The molecular weight excluding hydrogens is 378 g/mol. The van der Waals surface area contributed by atoms with E-state index in [9.17, 15) is 14.4 Å². The fourth-order valence-corrected chi connectivity index (χ4v) is 2.79. The van der Waals surface area contributed by atoms with E-state index in [1.165, 1.54) is 18.3 Å². The Kier molecular flexibility index (Phi) is 6.20. The van der Waals surface area contributed by atoms with Crippen LogP contribution in [0.2, 0.25) is 0 Å². The monoisotopic (exact) mass is 397 g/mol. The molecule has 0 atom stereocenters. The molecule has 0 saturated carbocycles. The van der Waals surface area contributed by atoms with Crippen LogP contribution in [0.1, 0.15) is 10.4 Å². The molecule has 1 amide bonds. The lowest BCUT2D eigenvalue weighted by atomic mass is 10.1. The number of benzene rings is 1. The van der Waals surface area contributed by atoms with Gasteiger partial charge in [-0.2, -0.15) is 0 Å². The minimum atomic E-state index is -1.13. The van der Waals surface area contributed by atoms with Crippen LogP contribution in [0.3, 0.4) is 0 Å². The van der Waals surface area contributed by atoms with Gasteiger partial charge in [0.15, 0.2) is 6.61 Å². The first-order valence-electron chi connectivity index (χ1n) is 8.72. The molecule has 150 valence electrons. The number of carbonyl (C=O) groups excluding carboxylic acids is 2. The molecule has 0 aliphatic heterocycles. The molecule has 3 rings (SSSR count). The third-order valence-corrected chi connectivity index (χ3v) is 4.11. The number of carbonyl (C=O) groups is 3. The molecule has 0 unspecified atom stereocenters. The van der Waals surface area contributed by atoms with Gasteiger partial charge >= 0.3 is 5.97 Å². The Labute approximate surface area is 165 Å². The lowest BCUT2D eigenvalue weighted by molar-refractivity contribution is -0.139. The largest absolute Gasteiger partial charge is 0.479 e. The van der Waals surface area contributed by atoms with Crippen molar-refractivity contribution in [2.24, 2.45) is 0 Å². The van der Waals surface area contributed by atoms with Crippen LogP contribution in [0.5, 0.6) is 5.88 Å². The molecule has 0 radical (unpaired) electrons. The molecular formula is C20H19N3O6. The van der Waals surface area contributed by atoms with E-state index in [0.717, 1.165) is 5.52 Å². The summed E-state index contributed by atoms with van der Waals surface area (Å²) < 4.78 is 11.9. The zero-order chi connectivity index (χ0) is 20.8. The summed E-state index contributed by atoms with van der Waals surface area (Å²) in [6, 6.07) is 10.2. The van der Waals surface area contributed by atoms with E-state index in [2.05, 4.69) is 10.3 Å². The highest BCUT2D eigenvalue weighted by Crippen LogP contribution is 2.22. The van der Waals surface area contributed by atoms with Crippen LogP contribution >= 0.6 is 0 Å². The van der Waals surface area contributed by atoms with Gasteiger partial charge in [0, 0.05) is 36.8 Å². The van der Waals surface area contributed by atoms with Crippen molar-refractivity contribution >= 4 is 34.3 Å². The first kappa shape index (κ1) is 20.0. The van der Waals surface area contributed by atoms with Crippen molar-refractivity contribution in [1.82, 2.24) is 9.55 Å². The van der Waals surface area contributed by atoms with Gasteiger partial charge in [-0.15, -0.1) is 0 Å². The van der Waals surface area contributed by atoms with E-state index in [1.54, 1.807) is 25.4 Å². The maximum atomic E-state index is 12.7. The summed E-state index contributed by atoms with van der Waals surface area (Å²) in [5, 5.41) is 11.8. The van der Waals surface area contributed by atoms with Gasteiger partial charge < -0.3 is 24.5 Å². The number of methoxy groups -OCH3 is 1. The van der Waals surface area contributed by atoms with Gasteiger partial charge in [0.1, 0.15) is 0 Å². The minimum absolute atomic E-state index is 0.0953. The number of anilines is 1. The van der Waals surface area contributed by atoms with Crippen molar-refractivity contribution in [2.45, 2.75) is 6.54 Å². The number of nitrogens with zero attached hydrogens (tertiary/aromatic N) is 2. The summed E-state index contributed by atoms with van der Waals surface area (Å²) in [5.74, 6) is -2.51. The smallest absolute Gasteiger partial charge is 0.341 e. The molecule has 2 N–H and O–H groups in total. The van der Waals surface area contributed by atoms with Crippen LogP contribution in [-0.4, -0.2) is 52.6 Å². The van der Waals surface area contributed by atoms with Gasteiger partial charge in [-0.1, -0.05) is 18.2 Å². The number of fused-ring (bicyclic) bond motifs is 1. The standard InChI is InChI=1S/C20H19N3O6/c1-28-9-8-23-11-15(14-4-2-3-5-16(14)23)19(26)20(27)22-13-6-7-17(21-10-13)29-12-18(24)25/h2-7,10-11H,8-9,12H2,1H3,(H,22,27)(H,24,25). The quantitative estimate of drug-likeness (QED) is 0.418. The summed E-state index contributed by atoms with van der Waals surface area (Å²) in [5.41, 5.74) is 1.42. The topological polar surface area (TPSA) is 120 Å². The van der Waals surface area contributed by atoms with Gasteiger partial charge in [0.25, 0.3) is 11.7 Å². The Morgan fingerprint density at radius 1 is 1.17 bits per heavy atom. The summed E-state index contributed by atoms with van der Waals surface area (Å²) in [7, 11) is 1.59. The number of ketones is 1. The summed E-state index contributed by atoms with van der Waals surface area (Å²) in [6.07, 6.45) is 2.93. The van der Waals surface area contributed by atoms with E-state index < -0.39 is 24.3 Å². The number of hydrogen-bond acceptors (Lipinski definition) is 6. The van der Waals surface area contributed by atoms with Gasteiger partial charge in [0.05, 0.1) is 24.1 Å². The highest BCUT2D eigenvalue weighted by Gasteiger charge is 2.21. The van der Waals surface area contributed by atoms with Crippen molar-refractivity contribution in [3.05, 3.63) is 54.4 Å². The summed E-state index contributed by atoms with van der Waals surface area (Å²) in [4.78, 5) is 39.6. The number of amides is 1. The number of rotatable bonds is 9. The molecule has 3 aromatic rings. The molecule has 0 saturated heterocycles. The first-order chi connectivity index (χ1) is 14.0. The van der Waals surface area contributed by atoms with Gasteiger partial charge in [-0.05, 0) is 12.1 Å². The van der Waals surface area contributed by atoms with Crippen molar-refractivity contribution < 1.29 is 29.0 Å². The zero-order valence-electron chi connectivity index (χ0n) is 15.6. The number of aliphatic carboxylic acids is 1. The van der Waals surface area contributed by atoms with Crippen LogP contribution in [0, 0.1) is 0 Å². The van der Waals surface area contributed by atoms with Crippen molar-refractivity contribution in [3.63, 3.8) is 0 Å². The number of aromatic nitrogens is 2. The second-order valence-corrected chi connectivity index (χ2v) is 6.10. The van der Waals surface area contributed by atoms with Gasteiger partial charge in [0.2, 0.25) is 5.88 Å². The summed E-state index contributed by atoms with van der Waals surface area (Å²) in [6.45, 7) is 0.498. The summed E-state index contributed by atoms with van der Waals surface area (Å²) >= 11 is 0. The molecule has 2 aromatic heterocycles. The second-order valence-electron chi connectivity index (χ2n) is 6.10. The highest BCUT2D eigenvalue weighted by molar-refractivity contribution is 6.48. The minimum Gasteiger partial charge on any atom is -0.479 e. The van der Waals surface area contributed by atoms with Crippen LogP contribution < -0.4 is 10.1 Å². The molecule has 0 bridgehead atoms. The number of para-hydroxylation sites is 1. The lowest BCUT2D eigenvalue weighted by Crippen LogP contribution is -2.22. The van der Waals surface area contributed by atoms with Crippen LogP contribution in [0.25, 0.3) is 10.9 Å². The molecule has 0 aliphatic carbocycles. The second kappa shape index (κ2) is 8.98. The van der Waals surface area contributed by atoms with Gasteiger partial charge in [-0.3, -0.25) is 9.59 Å². The number of nitrogens with one attached hydrogen (secondary N) is 1. The number of hydrogen-bond donors (Lipinski definition) is 2. The molecule has 0 fully saturated rings. The maximum absolute atomic E-state index is 12.7. The number of ether oxygens (including phenoxy) is 2. The third kappa shape index (κ3) is 4.77. The predicted molar refractivity (Wildman–Crippen MR) is 104 cm³/mol.